The summed E-state index contributed by atoms with van der Waals surface area (Å²) in [6, 6.07) is 13.8. The van der Waals surface area contributed by atoms with Gasteiger partial charge in [-0.25, -0.2) is 4.39 Å². The average Bonchev–Trinajstić information content (AvgIpc) is 2.32. The van der Waals surface area contributed by atoms with Gasteiger partial charge in [0.2, 0.25) is 0 Å². The number of benzene rings is 2. The van der Waals surface area contributed by atoms with Crippen molar-refractivity contribution in [3.8, 4) is 11.8 Å². The van der Waals surface area contributed by atoms with E-state index in [1.54, 1.807) is 12.1 Å². The van der Waals surface area contributed by atoms with E-state index < -0.39 is 0 Å². The molecule has 0 N–H and O–H groups in total. The molecule has 0 aliphatic carbocycles. The van der Waals surface area contributed by atoms with Crippen LogP contribution in [0.1, 0.15) is 11.1 Å². The van der Waals surface area contributed by atoms with Crippen LogP contribution in [-0.2, 0) is 6.42 Å². The van der Waals surface area contributed by atoms with Crippen LogP contribution in [0, 0.1) is 17.7 Å². The molecule has 0 aromatic heterocycles. The number of hydrogen-bond acceptors (Lipinski definition) is 0. The van der Waals surface area contributed by atoms with Gasteiger partial charge in [0.25, 0.3) is 0 Å². The topological polar surface area (TPSA) is 0 Å². The van der Waals surface area contributed by atoms with Crippen molar-refractivity contribution in [2.24, 2.45) is 0 Å². The maximum absolute atomic E-state index is 12.7. The zero-order valence-corrected chi connectivity index (χ0v) is 9.84. The minimum atomic E-state index is -0.225. The second kappa shape index (κ2) is 5.52. The highest BCUT2D eigenvalue weighted by atomic mass is 35.5. The van der Waals surface area contributed by atoms with Gasteiger partial charge in [0.05, 0.1) is 0 Å². The molecule has 0 spiro atoms. The van der Waals surface area contributed by atoms with E-state index in [-0.39, 0.29) is 5.82 Å². The van der Waals surface area contributed by atoms with E-state index in [0.29, 0.717) is 11.4 Å². The molecule has 0 nitrogen and oxygen atoms in total. The Morgan fingerprint density at radius 1 is 1.06 bits per heavy atom. The molecule has 0 aliphatic heterocycles. The van der Waals surface area contributed by atoms with Gasteiger partial charge in [-0.05, 0) is 35.9 Å². The fourth-order valence-corrected chi connectivity index (χ4v) is 1.61. The summed E-state index contributed by atoms with van der Waals surface area (Å²) < 4.78 is 12.7. The van der Waals surface area contributed by atoms with Crippen LogP contribution in [0.4, 0.5) is 4.39 Å². The van der Waals surface area contributed by atoms with E-state index in [4.69, 9.17) is 11.6 Å². The molecule has 0 fully saturated rings. The fraction of sp³-hybridized carbons (Fsp3) is 0.0667. The molecular formula is C15H10ClF. The summed E-state index contributed by atoms with van der Waals surface area (Å²) in [6.45, 7) is 0. The first kappa shape index (κ1) is 11.7. The minimum absolute atomic E-state index is 0.225. The van der Waals surface area contributed by atoms with Gasteiger partial charge in [-0.1, -0.05) is 41.6 Å². The molecule has 0 saturated carbocycles. The molecule has 0 amide bonds. The third-order valence-corrected chi connectivity index (χ3v) is 2.50. The largest absolute Gasteiger partial charge is 0.207 e. The first-order valence-corrected chi connectivity index (χ1v) is 5.61. The summed E-state index contributed by atoms with van der Waals surface area (Å²) >= 11 is 5.85. The molecule has 0 heterocycles. The lowest BCUT2D eigenvalue weighted by Gasteiger charge is -1.94. The first-order chi connectivity index (χ1) is 8.24. The van der Waals surface area contributed by atoms with Gasteiger partial charge in [-0.15, -0.1) is 0 Å². The van der Waals surface area contributed by atoms with Crippen LogP contribution in [0.15, 0.2) is 48.5 Å². The molecule has 2 heteroatoms. The van der Waals surface area contributed by atoms with Gasteiger partial charge in [0.15, 0.2) is 0 Å². The third-order valence-electron chi connectivity index (χ3n) is 2.26. The molecule has 0 radical (unpaired) electrons. The Balaban J connectivity index is 2.06. The molecule has 2 rings (SSSR count). The van der Waals surface area contributed by atoms with Crippen LogP contribution in [0.3, 0.4) is 0 Å². The van der Waals surface area contributed by atoms with Crippen molar-refractivity contribution < 1.29 is 4.39 Å². The maximum atomic E-state index is 12.7. The number of halogens is 2. The van der Waals surface area contributed by atoms with Gasteiger partial charge in [-0.2, -0.15) is 0 Å². The molecule has 2 aromatic carbocycles. The molecule has 2 aromatic rings. The highest BCUT2D eigenvalue weighted by molar-refractivity contribution is 6.30. The summed E-state index contributed by atoms with van der Waals surface area (Å²) in [4.78, 5) is 0. The Kier molecular flexibility index (Phi) is 3.80. The summed E-state index contributed by atoms with van der Waals surface area (Å²) in [6.07, 6.45) is 0.604. The Morgan fingerprint density at radius 3 is 2.53 bits per heavy atom. The van der Waals surface area contributed by atoms with E-state index >= 15 is 0 Å². The average molecular weight is 245 g/mol. The molecule has 0 saturated heterocycles. The maximum Gasteiger partial charge on any atom is 0.123 e. The van der Waals surface area contributed by atoms with E-state index in [1.807, 2.05) is 24.3 Å². The van der Waals surface area contributed by atoms with E-state index in [2.05, 4.69) is 11.8 Å². The van der Waals surface area contributed by atoms with Crippen LogP contribution in [0.5, 0.6) is 0 Å². The van der Waals surface area contributed by atoms with Crippen molar-refractivity contribution in [2.75, 3.05) is 0 Å². The quantitative estimate of drug-likeness (QED) is 0.664. The third kappa shape index (κ3) is 3.62. The summed E-state index contributed by atoms with van der Waals surface area (Å²) in [5.74, 6) is 5.83. The van der Waals surface area contributed by atoms with Crippen molar-refractivity contribution in [3.05, 3.63) is 70.5 Å². The monoisotopic (exact) mass is 244 g/mol. The normalized spacial score (nSPS) is 9.53. The molecule has 0 unspecified atom stereocenters. The minimum Gasteiger partial charge on any atom is -0.207 e. The lowest BCUT2D eigenvalue weighted by molar-refractivity contribution is 0.627. The van der Waals surface area contributed by atoms with Gasteiger partial charge in [0, 0.05) is 17.0 Å². The Bertz CT molecular complexity index is 561. The molecule has 84 valence electrons. The predicted octanol–water partition coefficient (Wildman–Crippen LogP) is 4.07. The Hall–Kier alpha value is -1.78. The molecular weight excluding hydrogens is 235 g/mol. The number of rotatable bonds is 1. The predicted molar refractivity (Wildman–Crippen MR) is 68.4 cm³/mol. The van der Waals surface area contributed by atoms with Crippen molar-refractivity contribution >= 4 is 11.6 Å². The standard InChI is InChI=1S/C15H10ClF/c16-14-6-2-5-13(11-14)4-1-3-12-7-9-15(17)10-8-12/h2,5-11H,3H2. The highest BCUT2D eigenvalue weighted by Crippen LogP contribution is 2.09. The van der Waals surface area contributed by atoms with Crippen LogP contribution in [-0.4, -0.2) is 0 Å². The second-order valence-electron chi connectivity index (χ2n) is 3.62. The van der Waals surface area contributed by atoms with E-state index in [1.165, 1.54) is 12.1 Å². The van der Waals surface area contributed by atoms with Crippen molar-refractivity contribution in [1.82, 2.24) is 0 Å². The second-order valence-corrected chi connectivity index (χ2v) is 4.05. The van der Waals surface area contributed by atoms with Crippen LogP contribution < -0.4 is 0 Å². The molecule has 0 atom stereocenters. The summed E-state index contributed by atoms with van der Waals surface area (Å²) in [7, 11) is 0. The molecule has 0 aliphatic rings. The molecule has 0 bridgehead atoms. The van der Waals surface area contributed by atoms with Gasteiger partial charge in [-0.3, -0.25) is 0 Å². The number of hydrogen-bond donors (Lipinski definition) is 0. The van der Waals surface area contributed by atoms with Gasteiger partial charge in [0.1, 0.15) is 5.82 Å². The van der Waals surface area contributed by atoms with Crippen LogP contribution in [0.2, 0.25) is 5.02 Å². The SMILES string of the molecule is Fc1ccc(CC#Cc2cccc(Cl)c2)cc1. The van der Waals surface area contributed by atoms with Crippen molar-refractivity contribution in [3.63, 3.8) is 0 Å². The lowest BCUT2D eigenvalue weighted by atomic mass is 10.1. The van der Waals surface area contributed by atoms with Crippen molar-refractivity contribution in [2.45, 2.75) is 6.42 Å². The zero-order valence-electron chi connectivity index (χ0n) is 9.08. The van der Waals surface area contributed by atoms with Gasteiger partial charge < -0.3 is 0 Å². The van der Waals surface area contributed by atoms with Crippen molar-refractivity contribution in [1.29, 1.82) is 0 Å². The summed E-state index contributed by atoms with van der Waals surface area (Å²) in [5.41, 5.74) is 1.89. The van der Waals surface area contributed by atoms with E-state index in [9.17, 15) is 4.39 Å². The summed E-state index contributed by atoms with van der Waals surface area (Å²) in [5, 5.41) is 0.679. The van der Waals surface area contributed by atoms with Crippen LogP contribution >= 0.6 is 11.6 Å². The highest BCUT2D eigenvalue weighted by Gasteiger charge is 1.91. The fourth-order valence-electron chi connectivity index (χ4n) is 1.42. The van der Waals surface area contributed by atoms with Crippen LogP contribution in [0.25, 0.3) is 0 Å². The lowest BCUT2D eigenvalue weighted by Crippen LogP contribution is -1.82. The zero-order chi connectivity index (χ0) is 12.1. The Labute approximate surface area is 105 Å². The van der Waals surface area contributed by atoms with Gasteiger partial charge >= 0.3 is 0 Å². The Morgan fingerprint density at radius 2 is 1.82 bits per heavy atom. The molecule has 17 heavy (non-hydrogen) atoms. The first-order valence-electron chi connectivity index (χ1n) is 5.23. The van der Waals surface area contributed by atoms with E-state index in [0.717, 1.165) is 11.1 Å². The smallest absolute Gasteiger partial charge is 0.123 e.